The third-order valence-corrected chi connectivity index (χ3v) is 3.86. The summed E-state index contributed by atoms with van der Waals surface area (Å²) in [6, 6.07) is 4.02. The van der Waals surface area contributed by atoms with Crippen LogP contribution in [0.1, 0.15) is 19.4 Å². The second-order valence-corrected chi connectivity index (χ2v) is 5.68. The molecule has 0 saturated heterocycles. The Balaban J connectivity index is 2.06. The quantitative estimate of drug-likeness (QED) is 0.902. The number of hydrogen-bond donors (Lipinski definition) is 2. The average Bonchev–Trinajstić information content (AvgIpc) is 2.92. The Morgan fingerprint density at radius 1 is 1.14 bits per heavy atom. The molecule has 0 unspecified atom stereocenters. The molecule has 1 aliphatic rings. The third-order valence-electron chi connectivity index (χ3n) is 3.86. The molecule has 1 aromatic rings. The summed E-state index contributed by atoms with van der Waals surface area (Å²) < 4.78 is 37.2. The minimum absolute atomic E-state index is 0.208. The molecule has 0 heterocycles. The summed E-state index contributed by atoms with van der Waals surface area (Å²) in [5.41, 5.74) is -1.25. The first-order valence-electron chi connectivity index (χ1n) is 6.26. The van der Waals surface area contributed by atoms with Crippen molar-refractivity contribution in [1.82, 2.24) is 0 Å². The van der Waals surface area contributed by atoms with Crippen LogP contribution in [0.25, 0.3) is 0 Å². The topological polar surface area (TPSA) is 66.4 Å². The molecule has 1 aliphatic carbocycles. The molecule has 2 N–H and O–H groups in total. The fourth-order valence-corrected chi connectivity index (χ4v) is 2.55. The smallest absolute Gasteiger partial charge is 0.416 e. The van der Waals surface area contributed by atoms with Crippen molar-refractivity contribution in [3.8, 4) is 0 Å². The number of halogens is 3. The Morgan fingerprint density at radius 2 is 1.67 bits per heavy atom. The van der Waals surface area contributed by atoms with Crippen LogP contribution in [0.3, 0.4) is 0 Å². The van der Waals surface area contributed by atoms with Gasteiger partial charge >= 0.3 is 12.1 Å². The maximum absolute atomic E-state index is 12.4. The number of alkyl halides is 3. The number of carbonyl (C=O) groups excluding carboxylic acids is 1. The number of aliphatic carboxylic acids is 1. The molecule has 21 heavy (non-hydrogen) atoms. The van der Waals surface area contributed by atoms with Crippen LogP contribution < -0.4 is 5.32 Å². The van der Waals surface area contributed by atoms with Gasteiger partial charge in [-0.15, -0.1) is 0 Å². The van der Waals surface area contributed by atoms with Crippen molar-refractivity contribution in [3.05, 3.63) is 29.8 Å². The van der Waals surface area contributed by atoms with Crippen LogP contribution in [-0.2, 0) is 15.8 Å². The van der Waals surface area contributed by atoms with E-state index in [1.165, 1.54) is 0 Å². The Kier molecular flexibility index (Phi) is 3.47. The van der Waals surface area contributed by atoms with Gasteiger partial charge in [0.2, 0.25) is 5.91 Å². The third kappa shape index (κ3) is 2.86. The van der Waals surface area contributed by atoms with Crippen molar-refractivity contribution < 1.29 is 27.9 Å². The van der Waals surface area contributed by atoms with Crippen molar-refractivity contribution in [2.45, 2.75) is 20.0 Å². The molecule has 7 heteroatoms. The molecule has 1 aromatic carbocycles. The number of nitrogens with one attached hydrogen (secondary N) is 1. The molecule has 0 spiro atoms. The zero-order valence-corrected chi connectivity index (χ0v) is 11.4. The van der Waals surface area contributed by atoms with Gasteiger partial charge in [-0.3, -0.25) is 9.59 Å². The monoisotopic (exact) mass is 301 g/mol. The van der Waals surface area contributed by atoms with Gasteiger partial charge in [-0.25, -0.2) is 0 Å². The van der Waals surface area contributed by atoms with Gasteiger partial charge in [-0.05, 0) is 29.7 Å². The van der Waals surface area contributed by atoms with E-state index in [1.807, 2.05) is 0 Å². The summed E-state index contributed by atoms with van der Waals surface area (Å²) >= 11 is 0. The fourth-order valence-electron chi connectivity index (χ4n) is 2.55. The van der Waals surface area contributed by atoms with E-state index >= 15 is 0 Å². The Morgan fingerprint density at radius 3 is 2.05 bits per heavy atom. The second-order valence-electron chi connectivity index (χ2n) is 5.68. The van der Waals surface area contributed by atoms with E-state index in [0.29, 0.717) is 0 Å². The predicted molar refractivity (Wildman–Crippen MR) is 68.5 cm³/mol. The number of anilines is 1. The number of carbonyl (C=O) groups is 2. The molecule has 2 rings (SSSR count). The highest BCUT2D eigenvalue weighted by molar-refractivity contribution is 5.99. The highest BCUT2D eigenvalue weighted by Crippen LogP contribution is 2.58. The molecule has 1 amide bonds. The lowest BCUT2D eigenvalue weighted by atomic mass is 10.1. The van der Waals surface area contributed by atoms with Crippen LogP contribution in [0.4, 0.5) is 18.9 Å². The lowest BCUT2D eigenvalue weighted by Crippen LogP contribution is -2.17. The summed E-state index contributed by atoms with van der Waals surface area (Å²) in [6.07, 6.45) is -4.44. The number of carboxylic acids is 1. The van der Waals surface area contributed by atoms with E-state index in [1.54, 1.807) is 13.8 Å². The molecule has 4 nitrogen and oxygen atoms in total. The second kappa shape index (κ2) is 4.75. The van der Waals surface area contributed by atoms with Gasteiger partial charge in [-0.2, -0.15) is 13.2 Å². The zero-order valence-electron chi connectivity index (χ0n) is 11.4. The summed E-state index contributed by atoms with van der Waals surface area (Å²) in [5.74, 6) is -3.00. The highest BCUT2D eigenvalue weighted by atomic mass is 19.4. The fraction of sp³-hybridized carbons (Fsp3) is 0.429. The number of rotatable bonds is 3. The van der Waals surface area contributed by atoms with E-state index in [2.05, 4.69) is 5.32 Å². The van der Waals surface area contributed by atoms with Crippen LogP contribution in [0.15, 0.2) is 24.3 Å². The molecule has 114 valence electrons. The van der Waals surface area contributed by atoms with Gasteiger partial charge in [0.25, 0.3) is 0 Å². The number of carboxylic acid groups (broad SMARTS) is 1. The van der Waals surface area contributed by atoms with E-state index < -0.39 is 40.9 Å². The normalized spacial score (nSPS) is 23.5. The maximum atomic E-state index is 12.4. The largest absolute Gasteiger partial charge is 0.481 e. The Labute approximate surface area is 119 Å². The van der Waals surface area contributed by atoms with E-state index in [-0.39, 0.29) is 5.69 Å². The van der Waals surface area contributed by atoms with Crippen molar-refractivity contribution in [1.29, 1.82) is 0 Å². The zero-order chi connectivity index (χ0) is 16.0. The van der Waals surface area contributed by atoms with Gasteiger partial charge in [-0.1, -0.05) is 13.8 Å². The number of hydrogen-bond acceptors (Lipinski definition) is 2. The number of benzene rings is 1. The van der Waals surface area contributed by atoms with E-state index in [9.17, 15) is 22.8 Å². The minimum atomic E-state index is -4.44. The molecule has 1 saturated carbocycles. The molecule has 2 atom stereocenters. The van der Waals surface area contributed by atoms with Gasteiger partial charge in [0.15, 0.2) is 0 Å². The van der Waals surface area contributed by atoms with Crippen molar-refractivity contribution in [2.24, 2.45) is 17.3 Å². The maximum Gasteiger partial charge on any atom is 0.416 e. The summed E-state index contributed by atoms with van der Waals surface area (Å²) in [5, 5.41) is 11.4. The Bertz CT molecular complexity index is 578. The van der Waals surface area contributed by atoms with Gasteiger partial charge < -0.3 is 10.4 Å². The van der Waals surface area contributed by atoms with Gasteiger partial charge in [0, 0.05) is 5.69 Å². The van der Waals surface area contributed by atoms with Crippen LogP contribution in [0.2, 0.25) is 0 Å². The summed E-state index contributed by atoms with van der Waals surface area (Å²) in [4.78, 5) is 23.0. The van der Waals surface area contributed by atoms with Crippen molar-refractivity contribution >= 4 is 17.6 Å². The first-order chi connectivity index (χ1) is 9.55. The molecule has 0 bridgehead atoms. The van der Waals surface area contributed by atoms with Crippen LogP contribution in [-0.4, -0.2) is 17.0 Å². The predicted octanol–water partition coefficient (Wildman–Crippen LogP) is 3.00. The number of amides is 1. The average molecular weight is 301 g/mol. The van der Waals surface area contributed by atoms with E-state index in [0.717, 1.165) is 24.3 Å². The molecular formula is C14H14F3NO3. The summed E-state index contributed by atoms with van der Waals surface area (Å²) in [6.45, 7) is 3.34. The molecular weight excluding hydrogens is 287 g/mol. The standard InChI is InChI=1S/C14H14F3NO3/c1-13(2)9(10(13)12(20)21)11(19)18-8-5-3-7(4-6-8)14(15,16)17/h3-6,9-10H,1-2H3,(H,18,19)(H,20,21)/t9-,10+/m1/s1. The van der Waals surface area contributed by atoms with Crippen molar-refractivity contribution in [2.75, 3.05) is 5.32 Å². The first kappa shape index (κ1) is 15.3. The molecule has 0 aliphatic heterocycles. The van der Waals surface area contributed by atoms with Crippen LogP contribution >= 0.6 is 0 Å². The lowest BCUT2D eigenvalue weighted by molar-refractivity contribution is -0.140. The lowest BCUT2D eigenvalue weighted by Gasteiger charge is -2.09. The first-order valence-corrected chi connectivity index (χ1v) is 6.26. The molecule has 0 radical (unpaired) electrons. The van der Waals surface area contributed by atoms with Gasteiger partial charge in [0.05, 0.1) is 17.4 Å². The minimum Gasteiger partial charge on any atom is -0.481 e. The Hall–Kier alpha value is -2.05. The highest BCUT2D eigenvalue weighted by Gasteiger charge is 2.65. The van der Waals surface area contributed by atoms with Crippen LogP contribution in [0.5, 0.6) is 0 Å². The van der Waals surface area contributed by atoms with Crippen LogP contribution in [0, 0.1) is 17.3 Å². The summed E-state index contributed by atoms with van der Waals surface area (Å²) in [7, 11) is 0. The SMILES string of the molecule is CC1(C)[C@H](C(=O)O)[C@@H]1C(=O)Nc1ccc(C(F)(F)F)cc1. The van der Waals surface area contributed by atoms with E-state index in [4.69, 9.17) is 5.11 Å². The van der Waals surface area contributed by atoms with Crippen molar-refractivity contribution in [3.63, 3.8) is 0 Å². The molecule has 0 aromatic heterocycles. The van der Waals surface area contributed by atoms with Gasteiger partial charge in [0.1, 0.15) is 0 Å². The molecule has 1 fully saturated rings.